The highest BCUT2D eigenvalue weighted by Gasteiger charge is 2.29. The Morgan fingerprint density at radius 3 is 2.38 bits per heavy atom. The summed E-state index contributed by atoms with van der Waals surface area (Å²) in [4.78, 5) is 12.5. The Balaban J connectivity index is 1.70. The van der Waals surface area contributed by atoms with Crippen molar-refractivity contribution in [1.82, 2.24) is 0 Å². The third kappa shape index (κ3) is 4.27. The molecule has 3 aromatic carbocycles. The van der Waals surface area contributed by atoms with Crippen LogP contribution in [0.2, 0.25) is 15.1 Å². The number of halogens is 3. The molecule has 0 aliphatic carbocycles. The molecule has 3 nitrogen and oxygen atoms in total. The maximum absolute atomic E-state index is 12.5. The van der Waals surface area contributed by atoms with Crippen LogP contribution in [-0.2, 0) is 16.1 Å². The van der Waals surface area contributed by atoms with Crippen LogP contribution in [0.15, 0.2) is 66.7 Å². The zero-order valence-electron chi connectivity index (χ0n) is 15.1. The average molecular weight is 446 g/mol. The van der Waals surface area contributed by atoms with Gasteiger partial charge in [-0.2, -0.15) is 0 Å². The summed E-state index contributed by atoms with van der Waals surface area (Å²) in [5, 5.41) is 1.71. The molecule has 0 amide bonds. The molecule has 1 aliphatic heterocycles. The minimum absolute atomic E-state index is 0.202. The van der Waals surface area contributed by atoms with Gasteiger partial charge < -0.3 is 9.47 Å². The first-order valence-corrected chi connectivity index (χ1v) is 9.98. The number of rotatable bonds is 5. The van der Waals surface area contributed by atoms with Gasteiger partial charge in [0.05, 0.1) is 5.57 Å². The summed E-state index contributed by atoms with van der Waals surface area (Å²) in [7, 11) is 0. The second kappa shape index (κ2) is 8.50. The number of hydrogen-bond acceptors (Lipinski definition) is 3. The Hall–Kier alpha value is -2.46. The van der Waals surface area contributed by atoms with Crippen LogP contribution in [0, 0.1) is 0 Å². The molecule has 146 valence electrons. The van der Waals surface area contributed by atoms with Gasteiger partial charge in [0.25, 0.3) is 0 Å². The SMILES string of the molecule is O=C1OCC(c2ccc(Cl)cc2)=C1c1ccccc1OCc1ccc(Cl)cc1Cl. The quantitative estimate of drug-likeness (QED) is 0.410. The van der Waals surface area contributed by atoms with Gasteiger partial charge in [0.15, 0.2) is 0 Å². The van der Waals surface area contributed by atoms with Crippen molar-refractivity contribution in [3.8, 4) is 5.75 Å². The number of esters is 1. The Labute approximate surface area is 183 Å². The Kier molecular flexibility index (Phi) is 5.81. The van der Waals surface area contributed by atoms with Crippen LogP contribution in [0.25, 0.3) is 11.1 Å². The highest BCUT2D eigenvalue weighted by Crippen LogP contribution is 2.37. The smallest absolute Gasteiger partial charge is 0.339 e. The summed E-state index contributed by atoms with van der Waals surface area (Å²) in [5.74, 6) is 0.189. The standard InChI is InChI=1S/C23H15Cl3O3/c24-16-8-5-14(6-9-16)19-13-29-23(27)22(19)18-3-1-2-4-21(18)28-12-15-7-10-17(25)11-20(15)26/h1-11H,12-13H2. The van der Waals surface area contributed by atoms with Gasteiger partial charge in [-0.25, -0.2) is 4.79 Å². The molecule has 4 rings (SSSR count). The first-order valence-electron chi connectivity index (χ1n) is 8.85. The number of hydrogen-bond donors (Lipinski definition) is 0. The summed E-state index contributed by atoms with van der Waals surface area (Å²) in [6.45, 7) is 0.443. The van der Waals surface area contributed by atoms with E-state index in [2.05, 4.69) is 0 Å². The highest BCUT2D eigenvalue weighted by atomic mass is 35.5. The summed E-state index contributed by atoms with van der Waals surface area (Å²) in [6, 6.07) is 19.9. The topological polar surface area (TPSA) is 35.5 Å². The minimum Gasteiger partial charge on any atom is -0.488 e. The van der Waals surface area contributed by atoms with Crippen LogP contribution < -0.4 is 4.74 Å². The first-order chi connectivity index (χ1) is 14.0. The monoisotopic (exact) mass is 444 g/mol. The fraction of sp³-hybridized carbons (Fsp3) is 0.0870. The predicted octanol–water partition coefficient (Wildman–Crippen LogP) is 6.69. The summed E-state index contributed by atoms with van der Waals surface area (Å²) >= 11 is 18.2. The van der Waals surface area contributed by atoms with Crippen molar-refractivity contribution in [2.45, 2.75) is 6.61 Å². The largest absolute Gasteiger partial charge is 0.488 e. The number of benzene rings is 3. The van der Waals surface area contributed by atoms with Gasteiger partial charge >= 0.3 is 5.97 Å². The van der Waals surface area contributed by atoms with Crippen molar-refractivity contribution in [2.24, 2.45) is 0 Å². The second-order valence-electron chi connectivity index (χ2n) is 6.46. The lowest BCUT2D eigenvalue weighted by molar-refractivity contribution is -0.133. The van der Waals surface area contributed by atoms with E-state index < -0.39 is 0 Å². The molecule has 0 spiro atoms. The van der Waals surface area contributed by atoms with Gasteiger partial charge in [0.2, 0.25) is 0 Å². The number of carbonyl (C=O) groups excluding carboxylic acids is 1. The zero-order valence-corrected chi connectivity index (χ0v) is 17.4. The van der Waals surface area contributed by atoms with E-state index in [1.807, 2.05) is 42.5 Å². The minimum atomic E-state index is -0.379. The van der Waals surface area contributed by atoms with Crippen molar-refractivity contribution >= 4 is 51.9 Å². The lowest BCUT2D eigenvalue weighted by Crippen LogP contribution is -2.03. The molecule has 0 N–H and O–H groups in total. The second-order valence-corrected chi connectivity index (χ2v) is 7.74. The van der Waals surface area contributed by atoms with Crippen LogP contribution in [-0.4, -0.2) is 12.6 Å². The normalized spacial score (nSPS) is 13.6. The van der Waals surface area contributed by atoms with Crippen LogP contribution in [0.4, 0.5) is 0 Å². The van der Waals surface area contributed by atoms with Crippen LogP contribution in [0.3, 0.4) is 0 Å². The Morgan fingerprint density at radius 1 is 0.897 bits per heavy atom. The number of ether oxygens (including phenoxy) is 2. The maximum atomic E-state index is 12.5. The Morgan fingerprint density at radius 2 is 1.62 bits per heavy atom. The van der Waals surface area contributed by atoms with Crippen molar-refractivity contribution in [3.63, 3.8) is 0 Å². The van der Waals surface area contributed by atoms with Crippen LogP contribution >= 0.6 is 34.8 Å². The molecule has 6 heteroatoms. The van der Waals surface area contributed by atoms with Crippen molar-refractivity contribution < 1.29 is 14.3 Å². The van der Waals surface area contributed by atoms with Crippen molar-refractivity contribution in [1.29, 1.82) is 0 Å². The van der Waals surface area contributed by atoms with E-state index in [0.717, 1.165) is 16.7 Å². The third-order valence-corrected chi connectivity index (χ3v) is 5.44. The molecule has 0 atom stereocenters. The molecule has 1 heterocycles. The van der Waals surface area contributed by atoms with Gasteiger partial charge in [0.1, 0.15) is 19.0 Å². The molecule has 0 unspecified atom stereocenters. The molecule has 0 aromatic heterocycles. The van der Waals surface area contributed by atoms with E-state index in [0.29, 0.717) is 32.0 Å². The number of cyclic esters (lactones) is 1. The van der Waals surface area contributed by atoms with E-state index in [1.54, 1.807) is 24.3 Å². The fourth-order valence-corrected chi connectivity index (χ4v) is 3.74. The van der Waals surface area contributed by atoms with E-state index in [1.165, 1.54) is 0 Å². The molecule has 1 aliphatic rings. The fourth-order valence-electron chi connectivity index (χ4n) is 3.15. The van der Waals surface area contributed by atoms with E-state index in [-0.39, 0.29) is 19.2 Å². The molecule has 0 saturated heterocycles. The van der Waals surface area contributed by atoms with Crippen LogP contribution in [0.1, 0.15) is 16.7 Å². The van der Waals surface area contributed by atoms with Gasteiger partial charge in [0, 0.05) is 31.8 Å². The van der Waals surface area contributed by atoms with Gasteiger partial charge in [-0.1, -0.05) is 71.2 Å². The van der Waals surface area contributed by atoms with Crippen molar-refractivity contribution in [3.05, 3.63) is 98.5 Å². The predicted molar refractivity (Wildman–Crippen MR) is 116 cm³/mol. The molecule has 0 bridgehead atoms. The molecule has 0 radical (unpaired) electrons. The molecular formula is C23H15Cl3O3. The average Bonchev–Trinajstić information content (AvgIpc) is 3.09. The van der Waals surface area contributed by atoms with Gasteiger partial charge in [-0.3, -0.25) is 0 Å². The lowest BCUT2D eigenvalue weighted by atomic mass is 9.96. The highest BCUT2D eigenvalue weighted by molar-refractivity contribution is 6.35. The maximum Gasteiger partial charge on any atom is 0.339 e. The molecule has 0 fully saturated rings. The summed E-state index contributed by atoms with van der Waals surface area (Å²) in [5.41, 5.74) is 3.64. The van der Waals surface area contributed by atoms with Gasteiger partial charge in [-0.05, 0) is 35.9 Å². The first kappa shape index (κ1) is 19.8. The summed E-state index contributed by atoms with van der Waals surface area (Å²) in [6.07, 6.45) is 0. The number of carbonyl (C=O) groups is 1. The number of para-hydroxylation sites is 1. The molecular weight excluding hydrogens is 431 g/mol. The van der Waals surface area contributed by atoms with E-state index >= 15 is 0 Å². The van der Waals surface area contributed by atoms with Crippen LogP contribution in [0.5, 0.6) is 5.75 Å². The molecule has 29 heavy (non-hydrogen) atoms. The summed E-state index contributed by atoms with van der Waals surface area (Å²) < 4.78 is 11.3. The van der Waals surface area contributed by atoms with E-state index in [9.17, 15) is 4.79 Å². The molecule has 0 saturated carbocycles. The van der Waals surface area contributed by atoms with Crippen molar-refractivity contribution in [2.75, 3.05) is 6.61 Å². The van der Waals surface area contributed by atoms with Gasteiger partial charge in [-0.15, -0.1) is 0 Å². The lowest BCUT2D eigenvalue weighted by Gasteiger charge is -2.13. The Bertz CT molecular complexity index is 1100. The third-order valence-electron chi connectivity index (χ3n) is 4.60. The molecule has 3 aromatic rings. The van der Waals surface area contributed by atoms with E-state index in [4.69, 9.17) is 44.3 Å². The zero-order chi connectivity index (χ0) is 20.4.